The molecule has 7 nitrogen and oxygen atoms in total. The first-order valence-corrected chi connectivity index (χ1v) is 10.4. The SMILES string of the molecule is CC1CC(NC(=O)c2cc(C3CC3)on2)CCN1Sc1cccc(C(N)=O)c1. The monoisotopic (exact) mass is 400 g/mol. The Morgan fingerprint density at radius 1 is 1.29 bits per heavy atom. The third kappa shape index (κ3) is 4.39. The molecule has 2 heterocycles. The van der Waals surface area contributed by atoms with Gasteiger partial charge in [-0.25, -0.2) is 4.31 Å². The van der Waals surface area contributed by atoms with E-state index in [-0.39, 0.29) is 18.0 Å². The van der Waals surface area contributed by atoms with E-state index in [0.717, 1.165) is 42.9 Å². The van der Waals surface area contributed by atoms with Crippen LogP contribution in [0.5, 0.6) is 0 Å². The molecule has 8 heteroatoms. The minimum atomic E-state index is -0.422. The minimum absolute atomic E-state index is 0.109. The molecule has 1 aromatic heterocycles. The van der Waals surface area contributed by atoms with Gasteiger partial charge in [-0.3, -0.25) is 9.59 Å². The molecule has 148 valence electrons. The van der Waals surface area contributed by atoms with Gasteiger partial charge in [0.05, 0.1) is 0 Å². The molecule has 2 aliphatic rings. The third-order valence-electron chi connectivity index (χ3n) is 5.23. The van der Waals surface area contributed by atoms with Crippen LogP contribution in [0.4, 0.5) is 0 Å². The van der Waals surface area contributed by atoms with Crippen LogP contribution >= 0.6 is 11.9 Å². The van der Waals surface area contributed by atoms with Crippen LogP contribution in [-0.4, -0.2) is 39.9 Å². The van der Waals surface area contributed by atoms with Crippen LogP contribution in [0.3, 0.4) is 0 Å². The molecule has 1 aromatic carbocycles. The van der Waals surface area contributed by atoms with Crippen LogP contribution in [0.15, 0.2) is 39.8 Å². The van der Waals surface area contributed by atoms with E-state index in [4.69, 9.17) is 10.3 Å². The van der Waals surface area contributed by atoms with E-state index in [1.807, 2.05) is 18.2 Å². The third-order valence-corrected chi connectivity index (χ3v) is 6.47. The molecule has 2 fully saturated rings. The molecular formula is C20H24N4O3S. The van der Waals surface area contributed by atoms with Gasteiger partial charge in [-0.1, -0.05) is 11.2 Å². The van der Waals surface area contributed by atoms with Gasteiger partial charge in [0.1, 0.15) is 5.76 Å². The number of rotatable bonds is 6. The van der Waals surface area contributed by atoms with Crippen molar-refractivity contribution < 1.29 is 14.1 Å². The Kier molecular flexibility index (Phi) is 5.41. The predicted octanol–water partition coefficient (Wildman–Crippen LogP) is 2.94. The first-order chi connectivity index (χ1) is 13.5. The Bertz CT molecular complexity index is 880. The number of carbonyl (C=O) groups excluding carboxylic acids is 2. The highest BCUT2D eigenvalue weighted by Crippen LogP contribution is 2.40. The highest BCUT2D eigenvalue weighted by Gasteiger charge is 2.31. The van der Waals surface area contributed by atoms with Crippen molar-refractivity contribution in [1.82, 2.24) is 14.8 Å². The number of piperidine rings is 1. The van der Waals surface area contributed by atoms with Gasteiger partial charge in [0.2, 0.25) is 5.91 Å². The fourth-order valence-electron chi connectivity index (χ4n) is 3.47. The summed E-state index contributed by atoms with van der Waals surface area (Å²) in [5.41, 5.74) is 6.25. The summed E-state index contributed by atoms with van der Waals surface area (Å²) in [7, 11) is 0. The van der Waals surface area contributed by atoms with E-state index in [1.54, 1.807) is 24.1 Å². The molecule has 4 rings (SSSR count). The van der Waals surface area contributed by atoms with Crippen LogP contribution < -0.4 is 11.1 Å². The molecule has 2 unspecified atom stereocenters. The fourth-order valence-corrected chi connectivity index (χ4v) is 4.53. The maximum Gasteiger partial charge on any atom is 0.273 e. The van der Waals surface area contributed by atoms with Gasteiger partial charge in [0, 0.05) is 41.1 Å². The predicted molar refractivity (Wildman–Crippen MR) is 106 cm³/mol. The average molecular weight is 401 g/mol. The Morgan fingerprint density at radius 3 is 2.82 bits per heavy atom. The summed E-state index contributed by atoms with van der Waals surface area (Å²) >= 11 is 1.62. The van der Waals surface area contributed by atoms with Gasteiger partial charge in [0.25, 0.3) is 5.91 Å². The number of nitrogens with two attached hydrogens (primary N) is 1. The zero-order valence-corrected chi connectivity index (χ0v) is 16.6. The zero-order valence-electron chi connectivity index (χ0n) is 15.8. The van der Waals surface area contributed by atoms with Crippen LogP contribution in [0.1, 0.15) is 65.1 Å². The topological polar surface area (TPSA) is 101 Å². The number of nitrogens with zero attached hydrogens (tertiary/aromatic N) is 2. The molecule has 0 bridgehead atoms. The van der Waals surface area contributed by atoms with Gasteiger partial charge >= 0.3 is 0 Å². The van der Waals surface area contributed by atoms with Crippen molar-refractivity contribution >= 4 is 23.8 Å². The minimum Gasteiger partial charge on any atom is -0.366 e. The van der Waals surface area contributed by atoms with Gasteiger partial charge in [-0.2, -0.15) is 0 Å². The first kappa shape index (κ1) is 19.0. The maximum absolute atomic E-state index is 12.5. The highest BCUT2D eigenvalue weighted by molar-refractivity contribution is 7.97. The molecule has 1 aliphatic heterocycles. The molecule has 28 heavy (non-hydrogen) atoms. The van der Waals surface area contributed by atoms with Crippen molar-refractivity contribution in [2.75, 3.05) is 6.54 Å². The average Bonchev–Trinajstić information content (AvgIpc) is 3.40. The Morgan fingerprint density at radius 2 is 2.11 bits per heavy atom. The summed E-state index contributed by atoms with van der Waals surface area (Å²) in [6.45, 7) is 2.98. The van der Waals surface area contributed by atoms with E-state index in [0.29, 0.717) is 17.2 Å². The van der Waals surface area contributed by atoms with E-state index < -0.39 is 5.91 Å². The standard InChI is InChI=1S/C20H24N4O3S/c1-12-9-15(22-20(26)17-11-18(27-23-17)13-5-6-13)7-8-24(12)28-16-4-2-3-14(10-16)19(21)25/h2-4,10-13,15H,5-9H2,1H3,(H2,21,25)(H,22,26). The van der Waals surface area contributed by atoms with Crippen LogP contribution in [0, 0.1) is 0 Å². The number of primary amides is 1. The molecular weight excluding hydrogens is 376 g/mol. The smallest absolute Gasteiger partial charge is 0.273 e. The number of nitrogens with one attached hydrogen (secondary N) is 1. The fraction of sp³-hybridized carbons (Fsp3) is 0.450. The molecule has 1 saturated heterocycles. The highest BCUT2D eigenvalue weighted by atomic mass is 32.2. The van der Waals surface area contributed by atoms with Gasteiger partial charge in [-0.05, 0) is 62.8 Å². The number of hydrogen-bond acceptors (Lipinski definition) is 6. The van der Waals surface area contributed by atoms with Crippen molar-refractivity contribution in [1.29, 1.82) is 0 Å². The lowest BCUT2D eigenvalue weighted by Crippen LogP contribution is -2.46. The van der Waals surface area contributed by atoms with Crippen LogP contribution in [-0.2, 0) is 0 Å². The maximum atomic E-state index is 12.5. The normalized spacial score (nSPS) is 22.8. The van der Waals surface area contributed by atoms with Crippen LogP contribution in [0.25, 0.3) is 0 Å². The lowest BCUT2D eigenvalue weighted by Gasteiger charge is -2.36. The summed E-state index contributed by atoms with van der Waals surface area (Å²) in [5, 5.41) is 7.00. The molecule has 3 N–H and O–H groups in total. The Hall–Kier alpha value is -2.32. The molecule has 1 saturated carbocycles. The zero-order chi connectivity index (χ0) is 19.7. The van der Waals surface area contributed by atoms with E-state index in [9.17, 15) is 9.59 Å². The molecule has 0 radical (unpaired) electrons. The van der Waals surface area contributed by atoms with Gasteiger partial charge in [-0.15, -0.1) is 0 Å². The summed E-state index contributed by atoms with van der Waals surface area (Å²) in [6.07, 6.45) is 3.94. The van der Waals surface area contributed by atoms with Crippen molar-refractivity contribution in [2.45, 2.75) is 55.5 Å². The van der Waals surface area contributed by atoms with E-state index in [1.165, 1.54) is 0 Å². The molecule has 2 amide bonds. The van der Waals surface area contributed by atoms with Crippen molar-refractivity contribution in [3.8, 4) is 0 Å². The molecule has 2 atom stereocenters. The van der Waals surface area contributed by atoms with E-state index >= 15 is 0 Å². The van der Waals surface area contributed by atoms with Crippen molar-refractivity contribution in [3.05, 3.63) is 47.3 Å². The summed E-state index contributed by atoms with van der Waals surface area (Å²) in [4.78, 5) is 24.8. The van der Waals surface area contributed by atoms with Crippen LogP contribution in [0.2, 0.25) is 0 Å². The van der Waals surface area contributed by atoms with Gasteiger partial charge in [0.15, 0.2) is 5.69 Å². The number of aromatic nitrogens is 1. The lowest BCUT2D eigenvalue weighted by molar-refractivity contribution is 0.0906. The Labute approximate surface area is 168 Å². The lowest BCUT2D eigenvalue weighted by atomic mass is 10.0. The molecule has 0 spiro atoms. The second kappa shape index (κ2) is 7.97. The number of amides is 2. The quantitative estimate of drug-likeness (QED) is 0.723. The Balaban J connectivity index is 1.31. The van der Waals surface area contributed by atoms with Gasteiger partial charge < -0.3 is 15.6 Å². The van der Waals surface area contributed by atoms with Crippen molar-refractivity contribution in [2.24, 2.45) is 5.73 Å². The number of carbonyl (C=O) groups is 2. The van der Waals surface area contributed by atoms with E-state index in [2.05, 4.69) is 21.7 Å². The molecule has 2 aromatic rings. The number of benzene rings is 1. The van der Waals surface area contributed by atoms with Crippen molar-refractivity contribution in [3.63, 3.8) is 0 Å². The largest absolute Gasteiger partial charge is 0.366 e. The second-order valence-electron chi connectivity index (χ2n) is 7.56. The number of hydrogen-bond donors (Lipinski definition) is 2. The first-order valence-electron chi connectivity index (χ1n) is 9.61. The second-order valence-corrected chi connectivity index (χ2v) is 8.68. The summed E-state index contributed by atoms with van der Waals surface area (Å²) < 4.78 is 7.56. The summed E-state index contributed by atoms with van der Waals surface area (Å²) in [6, 6.07) is 9.50. The summed E-state index contributed by atoms with van der Waals surface area (Å²) in [5.74, 6) is 0.683. The molecule has 1 aliphatic carbocycles.